The number of ether oxygens (including phenoxy) is 3. The zero-order chi connectivity index (χ0) is 16.5. The average Bonchev–Trinajstić information content (AvgIpc) is 2.59. The van der Waals surface area contributed by atoms with Gasteiger partial charge in [-0.3, -0.25) is 4.79 Å². The van der Waals surface area contributed by atoms with Crippen LogP contribution in [0.3, 0.4) is 0 Å². The SMILES string of the molecule is O=C(COC(=O)C1=COCCO1)NCCSc1ccc(Br)cc1. The Hall–Kier alpha value is -1.67. The molecule has 0 unspecified atom stereocenters. The van der Waals surface area contributed by atoms with E-state index in [0.717, 1.165) is 15.1 Å². The molecule has 124 valence electrons. The number of hydrogen-bond donors (Lipinski definition) is 1. The van der Waals surface area contributed by atoms with Gasteiger partial charge in [-0.25, -0.2) is 4.79 Å². The summed E-state index contributed by atoms with van der Waals surface area (Å²) in [6.07, 6.45) is 1.19. The topological polar surface area (TPSA) is 73.9 Å². The van der Waals surface area contributed by atoms with Crippen molar-refractivity contribution in [3.63, 3.8) is 0 Å². The molecule has 0 aliphatic carbocycles. The lowest BCUT2D eigenvalue weighted by atomic mass is 10.4. The van der Waals surface area contributed by atoms with Crippen LogP contribution in [-0.4, -0.2) is 44.0 Å². The Morgan fingerprint density at radius 3 is 2.74 bits per heavy atom. The van der Waals surface area contributed by atoms with Crippen LogP contribution in [0.1, 0.15) is 0 Å². The normalized spacial score (nSPS) is 13.3. The Balaban J connectivity index is 1.58. The summed E-state index contributed by atoms with van der Waals surface area (Å²) in [5.41, 5.74) is 0. The Labute approximate surface area is 146 Å². The van der Waals surface area contributed by atoms with E-state index in [9.17, 15) is 9.59 Å². The molecule has 1 aliphatic heterocycles. The van der Waals surface area contributed by atoms with Crippen LogP contribution in [0.2, 0.25) is 0 Å². The maximum atomic E-state index is 11.6. The van der Waals surface area contributed by atoms with Gasteiger partial charge in [0, 0.05) is 21.7 Å². The molecule has 0 bridgehead atoms. The summed E-state index contributed by atoms with van der Waals surface area (Å²) in [4.78, 5) is 24.3. The van der Waals surface area contributed by atoms with Crippen molar-refractivity contribution in [2.45, 2.75) is 4.90 Å². The van der Waals surface area contributed by atoms with Crippen molar-refractivity contribution in [1.82, 2.24) is 5.32 Å². The van der Waals surface area contributed by atoms with Crippen LogP contribution in [0.25, 0.3) is 0 Å². The number of thioether (sulfide) groups is 1. The number of rotatable bonds is 7. The Morgan fingerprint density at radius 1 is 1.26 bits per heavy atom. The van der Waals surface area contributed by atoms with Crippen LogP contribution in [0, 0.1) is 0 Å². The molecule has 0 atom stereocenters. The van der Waals surface area contributed by atoms with Gasteiger partial charge < -0.3 is 19.5 Å². The highest BCUT2D eigenvalue weighted by atomic mass is 79.9. The van der Waals surface area contributed by atoms with Crippen LogP contribution in [0.5, 0.6) is 0 Å². The number of carbonyl (C=O) groups excluding carboxylic acids is 2. The summed E-state index contributed by atoms with van der Waals surface area (Å²) < 4.78 is 15.9. The van der Waals surface area contributed by atoms with Gasteiger partial charge in [-0.1, -0.05) is 15.9 Å². The lowest BCUT2D eigenvalue weighted by Gasteiger charge is -2.14. The number of benzene rings is 1. The molecule has 6 nitrogen and oxygen atoms in total. The zero-order valence-electron chi connectivity index (χ0n) is 12.2. The molecular weight excluding hydrogens is 386 g/mol. The first-order valence-electron chi connectivity index (χ1n) is 6.92. The van der Waals surface area contributed by atoms with Crippen molar-refractivity contribution in [2.24, 2.45) is 0 Å². The number of hydrogen-bond acceptors (Lipinski definition) is 6. The molecule has 2 rings (SSSR count). The van der Waals surface area contributed by atoms with E-state index in [4.69, 9.17) is 14.2 Å². The predicted octanol–water partition coefficient (Wildman–Crippen LogP) is 2.09. The number of esters is 1. The van der Waals surface area contributed by atoms with Crippen molar-refractivity contribution in [3.8, 4) is 0 Å². The van der Waals surface area contributed by atoms with Gasteiger partial charge in [0.25, 0.3) is 5.91 Å². The van der Waals surface area contributed by atoms with Gasteiger partial charge >= 0.3 is 5.97 Å². The first-order chi connectivity index (χ1) is 11.1. The highest BCUT2D eigenvalue weighted by Crippen LogP contribution is 2.19. The molecule has 1 aromatic carbocycles. The summed E-state index contributed by atoms with van der Waals surface area (Å²) in [6, 6.07) is 7.93. The van der Waals surface area contributed by atoms with Gasteiger partial charge in [-0.15, -0.1) is 11.8 Å². The minimum atomic E-state index is -0.705. The first kappa shape index (κ1) is 17.7. The number of carbonyl (C=O) groups is 2. The van der Waals surface area contributed by atoms with Gasteiger partial charge in [-0.2, -0.15) is 0 Å². The van der Waals surface area contributed by atoms with Crippen molar-refractivity contribution in [2.75, 3.05) is 32.1 Å². The molecule has 0 saturated heterocycles. The van der Waals surface area contributed by atoms with E-state index < -0.39 is 5.97 Å². The molecule has 0 spiro atoms. The fraction of sp³-hybridized carbons (Fsp3) is 0.333. The highest BCUT2D eigenvalue weighted by molar-refractivity contribution is 9.10. The van der Waals surface area contributed by atoms with Gasteiger partial charge in [0.1, 0.15) is 19.5 Å². The fourth-order valence-corrected chi connectivity index (χ4v) is 2.65. The average molecular weight is 402 g/mol. The molecule has 23 heavy (non-hydrogen) atoms. The molecule has 8 heteroatoms. The maximum absolute atomic E-state index is 11.6. The summed E-state index contributed by atoms with van der Waals surface area (Å²) >= 11 is 5.00. The molecule has 0 radical (unpaired) electrons. The number of amides is 1. The Morgan fingerprint density at radius 2 is 2.04 bits per heavy atom. The van der Waals surface area contributed by atoms with Crippen molar-refractivity contribution < 1.29 is 23.8 Å². The lowest BCUT2D eigenvalue weighted by molar-refractivity contribution is -0.149. The number of nitrogens with one attached hydrogen (secondary N) is 1. The quantitative estimate of drug-likeness (QED) is 0.428. The summed E-state index contributed by atoms with van der Waals surface area (Å²) in [6.45, 7) is 0.829. The lowest BCUT2D eigenvalue weighted by Crippen LogP contribution is -2.31. The second-order valence-electron chi connectivity index (χ2n) is 4.43. The van der Waals surface area contributed by atoms with E-state index in [2.05, 4.69) is 21.2 Å². The molecule has 1 amide bonds. The first-order valence-corrected chi connectivity index (χ1v) is 8.70. The standard InChI is InChI=1S/C15H16BrNO5S/c16-11-1-3-12(4-2-11)23-8-5-17-14(18)10-22-15(19)13-9-20-6-7-21-13/h1-4,9H,5-8,10H2,(H,17,18). The van der Waals surface area contributed by atoms with Gasteiger partial charge in [0.05, 0.1) is 0 Å². The third kappa shape index (κ3) is 6.54. The molecular formula is C15H16BrNO5S. The second kappa shape index (κ2) is 9.46. The minimum absolute atomic E-state index is 0.0187. The van der Waals surface area contributed by atoms with Crippen molar-refractivity contribution >= 4 is 39.6 Å². The van der Waals surface area contributed by atoms with E-state index in [1.54, 1.807) is 11.8 Å². The third-order valence-corrected chi connectivity index (χ3v) is 4.23. The van der Waals surface area contributed by atoms with E-state index in [-0.39, 0.29) is 18.3 Å². The van der Waals surface area contributed by atoms with Crippen LogP contribution < -0.4 is 5.32 Å². The van der Waals surface area contributed by atoms with Crippen LogP contribution in [0.4, 0.5) is 0 Å². The van der Waals surface area contributed by atoms with Crippen molar-refractivity contribution in [3.05, 3.63) is 40.8 Å². The molecule has 0 aromatic heterocycles. The van der Waals surface area contributed by atoms with Gasteiger partial charge in [0.2, 0.25) is 5.76 Å². The van der Waals surface area contributed by atoms with E-state index in [1.807, 2.05) is 24.3 Å². The third-order valence-electron chi connectivity index (χ3n) is 2.69. The van der Waals surface area contributed by atoms with Crippen LogP contribution >= 0.6 is 27.7 Å². The molecule has 0 saturated carbocycles. The molecule has 1 heterocycles. The zero-order valence-corrected chi connectivity index (χ0v) is 14.7. The molecule has 1 aromatic rings. The van der Waals surface area contributed by atoms with Crippen molar-refractivity contribution in [1.29, 1.82) is 0 Å². The summed E-state index contributed by atoms with van der Waals surface area (Å²) in [7, 11) is 0. The number of halogens is 1. The molecule has 1 aliphatic rings. The molecule has 0 fully saturated rings. The predicted molar refractivity (Wildman–Crippen MR) is 88.8 cm³/mol. The summed E-state index contributed by atoms with van der Waals surface area (Å²) in [5, 5.41) is 2.68. The van der Waals surface area contributed by atoms with Crippen LogP contribution in [0.15, 0.2) is 45.7 Å². The van der Waals surface area contributed by atoms with E-state index in [1.165, 1.54) is 6.26 Å². The highest BCUT2D eigenvalue weighted by Gasteiger charge is 2.17. The van der Waals surface area contributed by atoms with E-state index >= 15 is 0 Å². The fourth-order valence-electron chi connectivity index (χ4n) is 1.62. The second-order valence-corrected chi connectivity index (χ2v) is 6.51. The monoisotopic (exact) mass is 401 g/mol. The van der Waals surface area contributed by atoms with Crippen LogP contribution in [-0.2, 0) is 23.8 Å². The van der Waals surface area contributed by atoms with E-state index in [0.29, 0.717) is 19.8 Å². The Kier molecular flexibility index (Phi) is 7.28. The summed E-state index contributed by atoms with van der Waals surface area (Å²) in [5.74, 6) is -0.352. The Bertz CT molecular complexity index is 576. The largest absolute Gasteiger partial charge is 0.493 e. The molecule has 1 N–H and O–H groups in total. The van der Waals surface area contributed by atoms with Gasteiger partial charge in [-0.05, 0) is 24.3 Å². The minimum Gasteiger partial charge on any atom is -0.493 e. The smallest absolute Gasteiger partial charge is 0.377 e. The van der Waals surface area contributed by atoms with Gasteiger partial charge in [0.15, 0.2) is 6.61 Å². The maximum Gasteiger partial charge on any atom is 0.377 e.